The van der Waals surface area contributed by atoms with Crippen molar-refractivity contribution in [2.45, 2.75) is 31.8 Å². The molecule has 1 aromatic rings. The summed E-state index contributed by atoms with van der Waals surface area (Å²) in [6, 6.07) is 0. The minimum absolute atomic E-state index is 0.0612. The van der Waals surface area contributed by atoms with Crippen LogP contribution in [0.25, 0.3) is 0 Å². The number of sulfonamides is 1. The van der Waals surface area contributed by atoms with Crippen LogP contribution in [0.15, 0.2) is 4.90 Å². The minimum atomic E-state index is -4.01. The van der Waals surface area contributed by atoms with Crippen molar-refractivity contribution in [1.29, 1.82) is 0 Å². The van der Waals surface area contributed by atoms with Crippen LogP contribution in [0.3, 0.4) is 0 Å². The number of nitrogens with one attached hydrogen (secondary N) is 1. The average molecular weight is 304 g/mol. The van der Waals surface area contributed by atoms with E-state index in [-0.39, 0.29) is 22.4 Å². The molecular formula is C11H20N4O4S. The van der Waals surface area contributed by atoms with E-state index in [0.29, 0.717) is 13.2 Å². The molecule has 0 saturated carbocycles. The van der Waals surface area contributed by atoms with Crippen molar-refractivity contribution < 1.29 is 17.9 Å². The highest BCUT2D eigenvalue weighted by Crippen LogP contribution is 2.17. The molecule has 0 saturated heterocycles. The van der Waals surface area contributed by atoms with Crippen molar-refractivity contribution in [2.24, 2.45) is 5.14 Å². The molecule has 0 radical (unpaired) electrons. The lowest BCUT2D eigenvalue weighted by molar-refractivity contribution is 0.0527. The zero-order valence-corrected chi connectivity index (χ0v) is 12.8. The van der Waals surface area contributed by atoms with E-state index in [1.54, 1.807) is 7.05 Å². The molecule has 0 aliphatic rings. The Hall–Kier alpha value is -1.45. The van der Waals surface area contributed by atoms with Crippen molar-refractivity contribution in [3.05, 3.63) is 11.4 Å². The number of likely N-dealkylation sites (N-methyl/N-ethyl adjacent to an activating group) is 1. The third kappa shape index (κ3) is 4.02. The number of nitrogens with zero attached hydrogens (tertiary/aromatic N) is 2. The van der Waals surface area contributed by atoms with Gasteiger partial charge in [-0.1, -0.05) is 0 Å². The first-order chi connectivity index (χ1) is 9.14. The molecule has 114 valence electrons. The number of aryl methyl sites for hydroxylation is 1. The van der Waals surface area contributed by atoms with Gasteiger partial charge in [0, 0.05) is 13.6 Å². The fraction of sp³-hybridized carbons (Fsp3) is 0.636. The second-order valence-electron chi connectivity index (χ2n) is 4.72. The third-order valence-electron chi connectivity index (χ3n) is 2.60. The summed E-state index contributed by atoms with van der Waals surface area (Å²) in [5.41, 5.74) is 0.0414. The lowest BCUT2D eigenvalue weighted by atomic mass is 10.3. The number of aromatic nitrogens is 2. The minimum Gasteiger partial charge on any atom is -0.377 e. The summed E-state index contributed by atoms with van der Waals surface area (Å²) in [7, 11) is -2.46. The number of rotatable bonds is 6. The molecule has 3 N–H and O–H groups in total. The monoisotopic (exact) mass is 304 g/mol. The number of ether oxygens (including phenoxy) is 1. The van der Waals surface area contributed by atoms with Gasteiger partial charge in [0.1, 0.15) is 4.90 Å². The number of primary sulfonamides is 1. The Bertz CT molecular complexity index is 579. The molecule has 9 heteroatoms. The van der Waals surface area contributed by atoms with E-state index < -0.39 is 15.9 Å². The van der Waals surface area contributed by atoms with E-state index in [2.05, 4.69) is 10.2 Å². The van der Waals surface area contributed by atoms with Crippen molar-refractivity contribution >= 4 is 15.9 Å². The van der Waals surface area contributed by atoms with Gasteiger partial charge in [-0.2, -0.15) is 5.10 Å². The first kappa shape index (κ1) is 16.6. The molecule has 0 aliphatic heterocycles. The normalized spacial score (nSPS) is 11.9. The summed E-state index contributed by atoms with van der Waals surface area (Å²) >= 11 is 0. The highest BCUT2D eigenvalue weighted by Gasteiger charge is 2.27. The van der Waals surface area contributed by atoms with Crippen LogP contribution < -0.4 is 5.14 Å². The quantitative estimate of drug-likeness (QED) is 0.758. The molecule has 0 aliphatic carbocycles. The maximum atomic E-state index is 12.2. The van der Waals surface area contributed by atoms with Gasteiger partial charge in [-0.05, 0) is 20.8 Å². The molecule has 0 fully saturated rings. The number of hydrogen-bond donors (Lipinski definition) is 2. The SMILES string of the molecule is Cc1[nH]nc(C(=O)N(C)CCOC(C)C)c1S(N)(=O)=O. The Morgan fingerprint density at radius 3 is 2.60 bits per heavy atom. The highest BCUT2D eigenvalue weighted by molar-refractivity contribution is 7.89. The van der Waals surface area contributed by atoms with Gasteiger partial charge in [-0.3, -0.25) is 9.89 Å². The topological polar surface area (TPSA) is 118 Å². The van der Waals surface area contributed by atoms with Crippen molar-refractivity contribution in [2.75, 3.05) is 20.2 Å². The van der Waals surface area contributed by atoms with Gasteiger partial charge in [0.05, 0.1) is 18.4 Å². The smallest absolute Gasteiger partial charge is 0.275 e. The van der Waals surface area contributed by atoms with E-state index >= 15 is 0 Å². The number of amides is 1. The van der Waals surface area contributed by atoms with Crippen LogP contribution in [0.5, 0.6) is 0 Å². The number of H-pyrrole nitrogens is 1. The highest BCUT2D eigenvalue weighted by atomic mass is 32.2. The molecule has 0 atom stereocenters. The van der Waals surface area contributed by atoms with Gasteiger partial charge in [0.25, 0.3) is 5.91 Å². The van der Waals surface area contributed by atoms with Crippen LogP contribution >= 0.6 is 0 Å². The predicted octanol–water partition coefficient (Wildman–Crippen LogP) is -0.137. The fourth-order valence-corrected chi connectivity index (χ4v) is 2.49. The number of carbonyl (C=O) groups excluding carboxylic acids is 1. The first-order valence-electron chi connectivity index (χ1n) is 6.09. The van der Waals surface area contributed by atoms with E-state index in [1.165, 1.54) is 11.8 Å². The van der Waals surface area contributed by atoms with Gasteiger partial charge < -0.3 is 9.64 Å². The van der Waals surface area contributed by atoms with Crippen LogP contribution in [0.4, 0.5) is 0 Å². The van der Waals surface area contributed by atoms with Crippen molar-refractivity contribution in [3.63, 3.8) is 0 Å². The number of aromatic amines is 1. The van der Waals surface area contributed by atoms with E-state index in [1.807, 2.05) is 13.8 Å². The van der Waals surface area contributed by atoms with Gasteiger partial charge >= 0.3 is 0 Å². The number of hydrogen-bond acceptors (Lipinski definition) is 5. The number of nitrogens with two attached hydrogens (primary N) is 1. The molecule has 1 amide bonds. The van der Waals surface area contributed by atoms with Crippen LogP contribution in [-0.2, 0) is 14.8 Å². The van der Waals surface area contributed by atoms with Gasteiger partial charge in [0.2, 0.25) is 10.0 Å². The molecular weight excluding hydrogens is 284 g/mol. The zero-order valence-electron chi connectivity index (χ0n) is 12.0. The van der Waals surface area contributed by atoms with Crippen LogP contribution in [0.1, 0.15) is 30.0 Å². The number of carbonyl (C=O) groups is 1. The molecule has 8 nitrogen and oxygen atoms in total. The molecule has 20 heavy (non-hydrogen) atoms. The molecule has 1 aromatic heterocycles. The molecule has 0 spiro atoms. The summed E-state index contributed by atoms with van der Waals surface area (Å²) in [5, 5.41) is 11.3. The molecule has 0 unspecified atom stereocenters. The maximum absolute atomic E-state index is 12.2. The zero-order chi connectivity index (χ0) is 15.5. The van der Waals surface area contributed by atoms with E-state index in [9.17, 15) is 13.2 Å². The molecule has 0 bridgehead atoms. The van der Waals surface area contributed by atoms with Crippen LogP contribution in [0, 0.1) is 6.92 Å². The third-order valence-corrected chi connectivity index (χ3v) is 3.67. The summed E-state index contributed by atoms with van der Waals surface area (Å²) < 4.78 is 28.3. The fourth-order valence-electron chi connectivity index (χ4n) is 1.62. The lowest BCUT2D eigenvalue weighted by Crippen LogP contribution is -2.32. The summed E-state index contributed by atoms with van der Waals surface area (Å²) in [5.74, 6) is -0.522. The predicted molar refractivity (Wildman–Crippen MR) is 72.7 cm³/mol. The standard InChI is InChI=1S/C11H20N4O4S/c1-7(2)19-6-5-15(4)11(16)9-10(20(12,17)18)8(3)13-14-9/h7H,5-6H2,1-4H3,(H,13,14)(H2,12,17,18). The Morgan fingerprint density at radius 1 is 1.50 bits per heavy atom. The Balaban J connectivity index is 2.88. The summed E-state index contributed by atoms with van der Waals surface area (Å²) in [4.78, 5) is 13.2. The molecule has 1 rings (SSSR count). The van der Waals surface area contributed by atoms with E-state index in [0.717, 1.165) is 0 Å². The average Bonchev–Trinajstić information content (AvgIpc) is 2.69. The largest absolute Gasteiger partial charge is 0.377 e. The first-order valence-corrected chi connectivity index (χ1v) is 7.64. The van der Waals surface area contributed by atoms with Gasteiger partial charge in [0.15, 0.2) is 5.69 Å². The van der Waals surface area contributed by atoms with E-state index in [4.69, 9.17) is 9.88 Å². The summed E-state index contributed by atoms with van der Waals surface area (Å²) in [6.07, 6.45) is 0.0612. The van der Waals surface area contributed by atoms with Gasteiger partial charge in [-0.25, -0.2) is 13.6 Å². The van der Waals surface area contributed by atoms with Crippen LogP contribution in [0.2, 0.25) is 0 Å². The van der Waals surface area contributed by atoms with Crippen LogP contribution in [-0.4, -0.2) is 55.7 Å². The molecule has 0 aromatic carbocycles. The Labute approximate surface area is 118 Å². The van der Waals surface area contributed by atoms with Gasteiger partial charge in [-0.15, -0.1) is 0 Å². The van der Waals surface area contributed by atoms with Crippen molar-refractivity contribution in [1.82, 2.24) is 15.1 Å². The maximum Gasteiger partial charge on any atom is 0.275 e. The second kappa shape index (κ2) is 6.33. The van der Waals surface area contributed by atoms with Crippen molar-refractivity contribution in [3.8, 4) is 0 Å². The Kier molecular flexibility index (Phi) is 5.26. The molecule has 1 heterocycles. The Morgan fingerprint density at radius 2 is 2.10 bits per heavy atom. The second-order valence-corrected chi connectivity index (χ2v) is 6.22. The summed E-state index contributed by atoms with van der Waals surface area (Å²) in [6.45, 7) is 5.95. The lowest BCUT2D eigenvalue weighted by Gasteiger charge is -2.17.